The molecule has 0 aromatic heterocycles. The van der Waals surface area contributed by atoms with E-state index in [1.165, 1.54) is 40.7 Å². The van der Waals surface area contributed by atoms with E-state index < -0.39 is 0 Å². The lowest BCUT2D eigenvalue weighted by Gasteiger charge is -2.11. The zero-order chi connectivity index (χ0) is 30.3. The van der Waals surface area contributed by atoms with Crippen LogP contribution in [0.3, 0.4) is 0 Å². The van der Waals surface area contributed by atoms with E-state index >= 15 is 0 Å². The van der Waals surface area contributed by atoms with Gasteiger partial charge < -0.3 is 0 Å². The van der Waals surface area contributed by atoms with Crippen LogP contribution in [0.5, 0.6) is 0 Å². The molecule has 0 radical (unpaired) electrons. The third-order valence-corrected chi connectivity index (χ3v) is 4.09. The van der Waals surface area contributed by atoms with Crippen molar-refractivity contribution in [1.29, 1.82) is 0 Å². The number of allylic oxidation sites excluding steroid dienone is 7. The van der Waals surface area contributed by atoms with Crippen LogP contribution in [0.1, 0.15) is 133 Å². The summed E-state index contributed by atoms with van der Waals surface area (Å²) in [6.07, 6.45) is 8.20. The normalized spacial score (nSPS) is 8.83. The van der Waals surface area contributed by atoms with Crippen LogP contribution in [0.4, 0.5) is 0 Å². The Morgan fingerprint density at radius 2 is 1.17 bits per heavy atom. The first-order valence-corrected chi connectivity index (χ1v) is 14.1. The van der Waals surface area contributed by atoms with Gasteiger partial charge in [-0.05, 0) is 84.4 Å². The van der Waals surface area contributed by atoms with Crippen LogP contribution in [0.15, 0.2) is 72.9 Å². The van der Waals surface area contributed by atoms with Gasteiger partial charge in [-0.3, -0.25) is 0 Å². The van der Waals surface area contributed by atoms with Gasteiger partial charge in [0.05, 0.1) is 0 Å². The molecule has 1 aromatic carbocycles. The summed E-state index contributed by atoms with van der Waals surface area (Å²) >= 11 is 0. The molecule has 1 aromatic rings. The van der Waals surface area contributed by atoms with Crippen molar-refractivity contribution in [3.63, 3.8) is 0 Å². The predicted octanol–water partition coefficient (Wildman–Crippen LogP) is 13.5. The largest absolute Gasteiger partial charge is 0.103 e. The lowest BCUT2D eigenvalue weighted by Crippen LogP contribution is -1.95. The van der Waals surface area contributed by atoms with Crippen molar-refractivity contribution in [2.45, 2.75) is 131 Å². The van der Waals surface area contributed by atoms with Gasteiger partial charge in [0.15, 0.2) is 0 Å². The highest BCUT2D eigenvalue weighted by Gasteiger charge is 2.02. The maximum atomic E-state index is 3.90. The lowest BCUT2D eigenvalue weighted by molar-refractivity contribution is 0.723. The topological polar surface area (TPSA) is 0 Å². The van der Waals surface area contributed by atoms with Crippen LogP contribution >= 0.6 is 0 Å². The first kappa shape index (κ1) is 47.2. The third-order valence-electron chi connectivity index (χ3n) is 4.09. The van der Waals surface area contributed by atoms with Gasteiger partial charge in [-0.15, -0.1) is 13.2 Å². The molecule has 0 atom stereocenters. The van der Waals surface area contributed by atoms with E-state index in [2.05, 4.69) is 113 Å². The van der Waals surface area contributed by atoms with Gasteiger partial charge >= 0.3 is 0 Å². The SMILES string of the molecule is C=C(C)c1ccc(C)c(C)c1.C=CC.C=CC.CC.CC.CC/C(=C(\C)C=C(C)C)C(C)C.CCC. The van der Waals surface area contributed by atoms with Crippen molar-refractivity contribution in [1.82, 2.24) is 0 Å². The van der Waals surface area contributed by atoms with Crippen LogP contribution in [0, 0.1) is 19.8 Å². The Bertz CT molecular complexity index is 668. The Morgan fingerprint density at radius 1 is 0.806 bits per heavy atom. The Kier molecular flexibility index (Phi) is 49.1. The fourth-order valence-corrected chi connectivity index (χ4v) is 2.68. The summed E-state index contributed by atoms with van der Waals surface area (Å²) in [4.78, 5) is 0. The second-order valence-corrected chi connectivity index (χ2v) is 8.54. The molecule has 36 heavy (non-hydrogen) atoms. The molecule has 0 nitrogen and oxygen atoms in total. The lowest BCUT2D eigenvalue weighted by atomic mass is 9.95. The average molecular weight is 501 g/mol. The smallest absolute Gasteiger partial charge is 0.0230 e. The quantitative estimate of drug-likeness (QED) is 0.285. The van der Waals surface area contributed by atoms with Crippen molar-refractivity contribution in [2.24, 2.45) is 5.92 Å². The Hall–Kier alpha value is -2.08. The molecule has 0 heteroatoms. The van der Waals surface area contributed by atoms with Crippen molar-refractivity contribution >= 4 is 5.57 Å². The van der Waals surface area contributed by atoms with Gasteiger partial charge in [0.1, 0.15) is 0 Å². The monoisotopic (exact) mass is 501 g/mol. The molecule has 0 amide bonds. The summed E-state index contributed by atoms with van der Waals surface area (Å²) < 4.78 is 0. The number of hydrogen-bond acceptors (Lipinski definition) is 0. The molecule has 0 bridgehead atoms. The Labute approximate surface area is 231 Å². The maximum Gasteiger partial charge on any atom is -0.0230 e. The summed E-state index contributed by atoms with van der Waals surface area (Å²) in [7, 11) is 0. The van der Waals surface area contributed by atoms with Crippen LogP contribution in [0.25, 0.3) is 5.57 Å². The highest BCUT2D eigenvalue weighted by atomic mass is 14.1. The van der Waals surface area contributed by atoms with E-state index in [1.807, 2.05) is 48.5 Å². The van der Waals surface area contributed by atoms with Gasteiger partial charge in [0.2, 0.25) is 0 Å². The van der Waals surface area contributed by atoms with E-state index in [4.69, 9.17) is 0 Å². The number of hydrogen-bond donors (Lipinski definition) is 0. The molecule has 0 saturated carbocycles. The summed E-state index contributed by atoms with van der Waals surface area (Å²) in [6.45, 7) is 46.2. The fourth-order valence-electron chi connectivity index (χ4n) is 2.68. The Balaban J connectivity index is -0.0000000854. The van der Waals surface area contributed by atoms with Crippen molar-refractivity contribution in [2.75, 3.05) is 0 Å². The minimum atomic E-state index is 0.686. The zero-order valence-electron chi connectivity index (χ0n) is 28.1. The van der Waals surface area contributed by atoms with E-state index in [-0.39, 0.29) is 0 Å². The third kappa shape index (κ3) is 36.5. The molecule has 0 aliphatic heterocycles. The van der Waals surface area contributed by atoms with Crippen molar-refractivity contribution < 1.29 is 0 Å². The van der Waals surface area contributed by atoms with E-state index in [1.54, 1.807) is 17.7 Å². The molecule has 0 saturated heterocycles. The van der Waals surface area contributed by atoms with E-state index in [0.29, 0.717) is 5.92 Å². The molecule has 0 N–H and O–H groups in total. The fraction of sp³-hybridized carbons (Fsp3) is 0.556. The van der Waals surface area contributed by atoms with Gasteiger partial charge in [0, 0.05) is 0 Å². The average Bonchev–Trinajstić information content (AvgIpc) is 2.80. The first-order valence-electron chi connectivity index (χ1n) is 14.1. The van der Waals surface area contributed by atoms with Crippen LogP contribution in [-0.2, 0) is 0 Å². The molecule has 0 aliphatic rings. The standard InChI is InChI=1S/C12H22.C11H14.C3H8.2C3H6.2C2H6/c1-7-12(10(4)5)11(6)8-9(2)3;1-8(2)11-6-5-9(3)10(4)7-11;3*1-3-2;2*1-2/h8,10H,7H2,1-6H3;5-7H,1H2,2-4H3;3H2,1-2H3;2*3H,1H2,2H3;2*1-2H3/b12-11-;;;;;;. The summed E-state index contributed by atoms with van der Waals surface area (Å²) in [5.41, 5.74) is 9.48. The molecule has 1 rings (SSSR count). The van der Waals surface area contributed by atoms with Gasteiger partial charge in [-0.2, -0.15) is 0 Å². The molecule has 0 heterocycles. The van der Waals surface area contributed by atoms with Gasteiger partial charge in [0.25, 0.3) is 0 Å². The molecule has 0 fully saturated rings. The van der Waals surface area contributed by atoms with Gasteiger partial charge in [-0.1, -0.05) is 134 Å². The minimum Gasteiger partial charge on any atom is -0.103 e. The maximum absolute atomic E-state index is 3.90. The summed E-state index contributed by atoms with van der Waals surface area (Å²) in [6, 6.07) is 6.43. The minimum absolute atomic E-state index is 0.686. The number of benzene rings is 1. The highest BCUT2D eigenvalue weighted by molar-refractivity contribution is 5.62. The first-order chi connectivity index (χ1) is 16.8. The van der Waals surface area contributed by atoms with E-state index in [9.17, 15) is 0 Å². The number of rotatable bonds is 4. The van der Waals surface area contributed by atoms with Gasteiger partial charge in [-0.25, -0.2) is 0 Å². The molecular formula is C36H68. The zero-order valence-corrected chi connectivity index (χ0v) is 28.1. The molecule has 0 spiro atoms. The molecule has 212 valence electrons. The molecule has 0 aliphatic carbocycles. The van der Waals surface area contributed by atoms with E-state index in [0.717, 1.165) is 5.57 Å². The summed E-state index contributed by atoms with van der Waals surface area (Å²) in [5.74, 6) is 0.686. The number of aryl methyl sites for hydroxylation is 2. The highest BCUT2D eigenvalue weighted by Crippen LogP contribution is 2.19. The van der Waals surface area contributed by atoms with Crippen LogP contribution in [-0.4, -0.2) is 0 Å². The second-order valence-electron chi connectivity index (χ2n) is 8.54. The molecule has 0 unspecified atom stereocenters. The summed E-state index contributed by atoms with van der Waals surface area (Å²) in [5, 5.41) is 0. The van der Waals surface area contributed by atoms with Crippen LogP contribution in [0.2, 0.25) is 0 Å². The second kappa shape index (κ2) is 37.5. The predicted molar refractivity (Wildman–Crippen MR) is 178 cm³/mol. The molecular weight excluding hydrogens is 432 g/mol. The van der Waals surface area contributed by atoms with Crippen molar-refractivity contribution in [3.05, 3.63) is 89.6 Å². The Morgan fingerprint density at radius 3 is 1.39 bits per heavy atom. The van der Waals surface area contributed by atoms with Crippen molar-refractivity contribution in [3.8, 4) is 0 Å². The van der Waals surface area contributed by atoms with Crippen LogP contribution < -0.4 is 0 Å².